The standard InChI is InChI=1S/C14F4N8/c1-19-11-12(20-2)22-6-4-8(24-14(18)26-10(4)16)7-3(5(6)21-11)9(15)25-13(17)23-7. The predicted molar refractivity (Wildman–Crippen MR) is 78.1 cm³/mol. The lowest BCUT2D eigenvalue weighted by atomic mass is 10.1. The lowest BCUT2D eigenvalue weighted by Crippen LogP contribution is -2.03. The Labute approximate surface area is 139 Å². The summed E-state index contributed by atoms with van der Waals surface area (Å²) in [7, 11) is 0. The highest BCUT2D eigenvalue weighted by atomic mass is 19.2. The lowest BCUT2D eigenvalue weighted by Gasteiger charge is -2.06. The highest BCUT2D eigenvalue weighted by Crippen LogP contribution is 2.36. The largest absolute Gasteiger partial charge is 0.370 e. The number of benzene rings is 1. The monoisotopic (exact) mass is 356 g/mol. The molecule has 0 fully saturated rings. The minimum atomic E-state index is -1.49. The van der Waals surface area contributed by atoms with Crippen molar-refractivity contribution in [2.45, 2.75) is 0 Å². The Morgan fingerprint density at radius 1 is 0.538 bits per heavy atom. The van der Waals surface area contributed by atoms with E-state index in [2.05, 4.69) is 39.6 Å². The second kappa shape index (κ2) is 5.22. The van der Waals surface area contributed by atoms with Crippen molar-refractivity contribution in [1.82, 2.24) is 29.9 Å². The number of nitrogens with zero attached hydrogens (tertiary/aromatic N) is 8. The summed E-state index contributed by atoms with van der Waals surface area (Å²) >= 11 is 0. The van der Waals surface area contributed by atoms with Gasteiger partial charge in [0.15, 0.2) is 0 Å². The molecule has 0 aliphatic heterocycles. The number of aromatic nitrogens is 6. The zero-order chi connectivity index (χ0) is 18.6. The molecule has 0 aliphatic carbocycles. The van der Waals surface area contributed by atoms with Crippen LogP contribution in [0.4, 0.5) is 29.2 Å². The van der Waals surface area contributed by atoms with Crippen molar-refractivity contribution in [3.05, 3.63) is 46.9 Å². The molecule has 4 aromatic rings. The first kappa shape index (κ1) is 15.5. The van der Waals surface area contributed by atoms with E-state index in [0.717, 1.165) is 0 Å². The van der Waals surface area contributed by atoms with Crippen LogP contribution in [0.25, 0.3) is 42.5 Å². The fourth-order valence-corrected chi connectivity index (χ4v) is 2.49. The highest BCUT2D eigenvalue weighted by Gasteiger charge is 2.27. The third-order valence-electron chi connectivity index (χ3n) is 3.44. The summed E-state index contributed by atoms with van der Waals surface area (Å²) in [6, 6.07) is 0. The van der Waals surface area contributed by atoms with Gasteiger partial charge in [-0.25, -0.2) is 0 Å². The normalized spacial score (nSPS) is 11.0. The molecular formula is C14F4N8. The van der Waals surface area contributed by atoms with Crippen molar-refractivity contribution in [1.29, 1.82) is 0 Å². The van der Waals surface area contributed by atoms with Gasteiger partial charge >= 0.3 is 12.2 Å². The van der Waals surface area contributed by atoms with Gasteiger partial charge in [-0.3, -0.25) is 0 Å². The van der Waals surface area contributed by atoms with Gasteiger partial charge < -0.3 is 9.69 Å². The van der Waals surface area contributed by atoms with Crippen molar-refractivity contribution in [2.75, 3.05) is 0 Å². The van der Waals surface area contributed by atoms with Crippen molar-refractivity contribution in [2.24, 2.45) is 0 Å². The van der Waals surface area contributed by atoms with Crippen LogP contribution in [0, 0.1) is 37.2 Å². The van der Waals surface area contributed by atoms with E-state index in [1.54, 1.807) is 0 Å². The average molecular weight is 356 g/mol. The maximum Gasteiger partial charge on any atom is 0.311 e. The molecular weight excluding hydrogens is 356 g/mol. The Bertz CT molecular complexity index is 1250. The molecule has 124 valence electrons. The second-order valence-electron chi connectivity index (χ2n) is 4.81. The summed E-state index contributed by atoms with van der Waals surface area (Å²) in [4.78, 5) is 26.2. The van der Waals surface area contributed by atoms with Crippen LogP contribution < -0.4 is 0 Å². The summed E-state index contributed by atoms with van der Waals surface area (Å²) in [5.74, 6) is -3.75. The maximum absolute atomic E-state index is 14.3. The van der Waals surface area contributed by atoms with E-state index >= 15 is 0 Å². The molecule has 0 unspecified atom stereocenters. The van der Waals surface area contributed by atoms with E-state index in [9.17, 15) is 17.6 Å². The van der Waals surface area contributed by atoms with Crippen LogP contribution in [-0.4, -0.2) is 29.9 Å². The Balaban J connectivity index is 2.45. The zero-order valence-electron chi connectivity index (χ0n) is 12.1. The van der Waals surface area contributed by atoms with Crippen LogP contribution in [-0.2, 0) is 0 Å². The van der Waals surface area contributed by atoms with Crippen LogP contribution in [0.15, 0.2) is 0 Å². The average Bonchev–Trinajstić information content (AvgIpc) is 2.59. The van der Waals surface area contributed by atoms with Crippen LogP contribution in [0.2, 0.25) is 0 Å². The molecule has 3 aromatic heterocycles. The molecule has 1 aromatic carbocycles. The van der Waals surface area contributed by atoms with Gasteiger partial charge in [-0.1, -0.05) is 13.1 Å². The SMILES string of the molecule is [C-]#[N+]c1nc2c(nc1[N+]#[C-])c1c(F)nc(F)nc1c1nc(F)nc(F)c12. The summed E-state index contributed by atoms with van der Waals surface area (Å²) in [5, 5.41) is -1.08. The quantitative estimate of drug-likeness (QED) is 0.158. The Morgan fingerprint density at radius 2 is 0.885 bits per heavy atom. The van der Waals surface area contributed by atoms with Crippen LogP contribution in [0.5, 0.6) is 0 Å². The van der Waals surface area contributed by atoms with E-state index in [0.29, 0.717) is 0 Å². The number of halogens is 4. The minimum Gasteiger partial charge on any atom is -0.370 e. The van der Waals surface area contributed by atoms with Crippen LogP contribution in [0.3, 0.4) is 0 Å². The number of hydrogen-bond donors (Lipinski definition) is 0. The summed E-state index contributed by atoms with van der Waals surface area (Å²) in [6.45, 7) is 14.1. The zero-order valence-corrected chi connectivity index (χ0v) is 12.1. The molecule has 0 N–H and O–H groups in total. The van der Waals surface area contributed by atoms with Gasteiger partial charge in [-0.2, -0.15) is 37.5 Å². The van der Waals surface area contributed by atoms with E-state index in [1.165, 1.54) is 0 Å². The fraction of sp³-hybridized carbons (Fsp3) is 0. The van der Waals surface area contributed by atoms with Gasteiger partial charge in [0.25, 0.3) is 11.6 Å². The van der Waals surface area contributed by atoms with Crippen LogP contribution in [0.1, 0.15) is 0 Å². The smallest absolute Gasteiger partial charge is 0.311 e. The molecule has 12 heteroatoms. The molecule has 26 heavy (non-hydrogen) atoms. The van der Waals surface area contributed by atoms with Gasteiger partial charge in [0, 0.05) is 0 Å². The Morgan fingerprint density at radius 3 is 1.23 bits per heavy atom. The van der Waals surface area contributed by atoms with Gasteiger partial charge in [0.2, 0.25) is 22.9 Å². The first-order valence-electron chi connectivity index (χ1n) is 6.58. The second-order valence-corrected chi connectivity index (χ2v) is 4.81. The third kappa shape index (κ3) is 1.99. The van der Waals surface area contributed by atoms with Gasteiger partial charge in [0.1, 0.15) is 21.8 Å². The number of rotatable bonds is 0. The van der Waals surface area contributed by atoms with Gasteiger partial charge in [-0.15, -0.1) is 9.97 Å². The van der Waals surface area contributed by atoms with Crippen molar-refractivity contribution < 1.29 is 17.6 Å². The summed E-state index contributed by atoms with van der Waals surface area (Å²) < 4.78 is 55.5. The number of fused-ring (bicyclic) bond motifs is 6. The van der Waals surface area contributed by atoms with E-state index < -0.39 is 68.5 Å². The molecule has 4 rings (SSSR count). The molecule has 0 saturated heterocycles. The Hall–Kier alpha value is -4.06. The molecule has 0 radical (unpaired) electrons. The van der Waals surface area contributed by atoms with E-state index in [-0.39, 0.29) is 0 Å². The van der Waals surface area contributed by atoms with Crippen molar-refractivity contribution in [3.63, 3.8) is 0 Å². The molecule has 0 atom stereocenters. The lowest BCUT2D eigenvalue weighted by molar-refractivity contribution is 0.490. The molecule has 0 saturated carbocycles. The molecule has 8 nitrogen and oxygen atoms in total. The first-order valence-corrected chi connectivity index (χ1v) is 6.58. The van der Waals surface area contributed by atoms with Gasteiger partial charge in [0.05, 0.1) is 0 Å². The maximum atomic E-state index is 14.3. The third-order valence-corrected chi connectivity index (χ3v) is 3.44. The van der Waals surface area contributed by atoms with E-state index in [1.807, 2.05) is 0 Å². The van der Waals surface area contributed by atoms with E-state index in [4.69, 9.17) is 13.1 Å². The number of hydrogen-bond acceptors (Lipinski definition) is 6. The Kier molecular flexibility index (Phi) is 3.10. The fourth-order valence-electron chi connectivity index (χ4n) is 2.49. The predicted octanol–water partition coefficient (Wildman–Crippen LogP) is 3.17. The van der Waals surface area contributed by atoms with Crippen LogP contribution >= 0.6 is 0 Å². The molecule has 0 amide bonds. The minimum absolute atomic E-state index is 0.405. The summed E-state index contributed by atoms with van der Waals surface area (Å²) in [6.07, 6.45) is -2.99. The summed E-state index contributed by atoms with van der Waals surface area (Å²) in [5.41, 5.74) is -1.95. The highest BCUT2D eigenvalue weighted by molar-refractivity contribution is 6.20. The topological polar surface area (TPSA) is 86.1 Å². The molecule has 3 heterocycles. The van der Waals surface area contributed by atoms with Crippen molar-refractivity contribution >= 4 is 44.5 Å². The van der Waals surface area contributed by atoms with Crippen molar-refractivity contribution in [3.8, 4) is 0 Å². The molecule has 0 spiro atoms. The molecule has 0 aliphatic rings. The molecule has 0 bridgehead atoms. The first-order chi connectivity index (χ1) is 12.4. The van der Waals surface area contributed by atoms with Gasteiger partial charge in [-0.05, 0) is 0 Å².